The summed E-state index contributed by atoms with van der Waals surface area (Å²) in [5.74, 6) is 0.562. The first kappa shape index (κ1) is 15.5. The van der Waals surface area contributed by atoms with Crippen LogP contribution in [0.2, 0.25) is 0 Å². The van der Waals surface area contributed by atoms with E-state index in [4.69, 9.17) is 4.74 Å². The van der Waals surface area contributed by atoms with Gasteiger partial charge in [-0.15, -0.1) is 0 Å². The van der Waals surface area contributed by atoms with Gasteiger partial charge >= 0.3 is 0 Å². The Kier molecular flexibility index (Phi) is 5.83. The van der Waals surface area contributed by atoms with E-state index in [9.17, 15) is 9.90 Å². The van der Waals surface area contributed by atoms with Gasteiger partial charge in [0.05, 0.1) is 6.10 Å². The van der Waals surface area contributed by atoms with E-state index in [1.54, 1.807) is 6.92 Å². The summed E-state index contributed by atoms with van der Waals surface area (Å²) in [5.41, 5.74) is 2.11. The van der Waals surface area contributed by atoms with E-state index in [1.165, 1.54) is 0 Å². The second-order valence-corrected chi connectivity index (χ2v) is 5.11. The van der Waals surface area contributed by atoms with E-state index in [0.29, 0.717) is 6.42 Å². The molecule has 4 heteroatoms. The zero-order valence-electron chi connectivity index (χ0n) is 12.1. The monoisotopic (exact) mass is 265 g/mol. The number of carbonyl (C=O) groups is 1. The van der Waals surface area contributed by atoms with Crippen molar-refractivity contribution in [1.29, 1.82) is 0 Å². The average Bonchev–Trinajstić information content (AvgIpc) is 2.29. The number of rotatable bonds is 6. The molecule has 0 saturated carbocycles. The fourth-order valence-electron chi connectivity index (χ4n) is 1.89. The van der Waals surface area contributed by atoms with E-state index < -0.39 is 6.10 Å². The summed E-state index contributed by atoms with van der Waals surface area (Å²) >= 11 is 0. The van der Waals surface area contributed by atoms with Crippen LogP contribution in [0.1, 0.15) is 31.4 Å². The Morgan fingerprint density at radius 3 is 2.68 bits per heavy atom. The molecule has 2 atom stereocenters. The summed E-state index contributed by atoms with van der Waals surface area (Å²) in [7, 11) is 0. The molecule has 106 valence electrons. The van der Waals surface area contributed by atoms with Crippen LogP contribution in [0.3, 0.4) is 0 Å². The number of aliphatic hydroxyl groups excluding tert-OH is 1. The highest BCUT2D eigenvalue weighted by atomic mass is 16.5. The second kappa shape index (κ2) is 7.14. The van der Waals surface area contributed by atoms with Crippen molar-refractivity contribution < 1.29 is 14.6 Å². The molecule has 0 fully saturated rings. The predicted octanol–water partition coefficient (Wildman–Crippen LogP) is 1.96. The molecule has 0 aliphatic heterocycles. The van der Waals surface area contributed by atoms with Crippen LogP contribution in [0.4, 0.5) is 0 Å². The third kappa shape index (κ3) is 5.75. The lowest BCUT2D eigenvalue weighted by atomic mass is 10.1. The highest BCUT2D eigenvalue weighted by Crippen LogP contribution is 2.18. The van der Waals surface area contributed by atoms with Crippen molar-refractivity contribution in [2.75, 3.05) is 6.61 Å². The zero-order valence-corrected chi connectivity index (χ0v) is 12.1. The standard InChI is InChI=1S/C15H23NO3/c1-10-5-6-11(2)14(7-10)19-9-15(18)16-12(3)8-13(4)17/h5-7,12-13,17H,8-9H2,1-4H3,(H,16,18). The van der Waals surface area contributed by atoms with Gasteiger partial charge in [0.1, 0.15) is 5.75 Å². The molecule has 0 aliphatic carbocycles. The summed E-state index contributed by atoms with van der Waals surface area (Å²) in [5, 5.41) is 12.0. The van der Waals surface area contributed by atoms with E-state index in [0.717, 1.165) is 16.9 Å². The van der Waals surface area contributed by atoms with Crippen molar-refractivity contribution in [2.24, 2.45) is 0 Å². The Morgan fingerprint density at radius 1 is 1.37 bits per heavy atom. The second-order valence-electron chi connectivity index (χ2n) is 5.11. The maximum Gasteiger partial charge on any atom is 0.258 e. The predicted molar refractivity (Wildman–Crippen MR) is 75.3 cm³/mol. The Balaban J connectivity index is 2.43. The number of aliphatic hydroxyl groups is 1. The summed E-state index contributed by atoms with van der Waals surface area (Å²) in [6.45, 7) is 7.49. The van der Waals surface area contributed by atoms with Crippen LogP contribution in [0, 0.1) is 13.8 Å². The van der Waals surface area contributed by atoms with Crippen molar-refractivity contribution in [1.82, 2.24) is 5.32 Å². The van der Waals surface area contributed by atoms with Gasteiger partial charge in [-0.3, -0.25) is 4.79 Å². The first-order valence-electron chi connectivity index (χ1n) is 6.56. The first-order valence-corrected chi connectivity index (χ1v) is 6.56. The molecule has 4 nitrogen and oxygen atoms in total. The number of nitrogens with one attached hydrogen (secondary N) is 1. The van der Waals surface area contributed by atoms with E-state index in [2.05, 4.69) is 5.32 Å². The number of amides is 1. The first-order chi connectivity index (χ1) is 8.88. The summed E-state index contributed by atoms with van der Waals surface area (Å²) in [6, 6.07) is 5.84. The molecule has 0 heterocycles. The molecule has 2 unspecified atom stereocenters. The molecule has 0 spiro atoms. The Hall–Kier alpha value is -1.55. The molecule has 0 aliphatic rings. The van der Waals surface area contributed by atoms with Gasteiger partial charge < -0.3 is 15.2 Å². The topological polar surface area (TPSA) is 58.6 Å². The fraction of sp³-hybridized carbons (Fsp3) is 0.533. The Morgan fingerprint density at radius 2 is 2.05 bits per heavy atom. The molecule has 1 amide bonds. The fourth-order valence-corrected chi connectivity index (χ4v) is 1.89. The molecule has 1 aromatic rings. The van der Waals surface area contributed by atoms with Crippen LogP contribution in [0.5, 0.6) is 5.75 Å². The number of hydrogen-bond donors (Lipinski definition) is 2. The summed E-state index contributed by atoms with van der Waals surface area (Å²) in [4.78, 5) is 11.7. The highest BCUT2D eigenvalue weighted by molar-refractivity contribution is 5.77. The average molecular weight is 265 g/mol. The smallest absolute Gasteiger partial charge is 0.258 e. The van der Waals surface area contributed by atoms with Gasteiger partial charge in [0.2, 0.25) is 0 Å². The van der Waals surface area contributed by atoms with Gasteiger partial charge in [0, 0.05) is 6.04 Å². The number of carbonyl (C=O) groups excluding carboxylic acids is 1. The number of ether oxygens (including phenoxy) is 1. The lowest BCUT2D eigenvalue weighted by Gasteiger charge is -2.16. The van der Waals surface area contributed by atoms with Gasteiger partial charge in [0.15, 0.2) is 6.61 Å². The normalized spacial score (nSPS) is 13.7. The molecule has 0 bridgehead atoms. The summed E-state index contributed by atoms with van der Waals surface area (Å²) < 4.78 is 5.51. The van der Waals surface area contributed by atoms with Gasteiger partial charge in [-0.25, -0.2) is 0 Å². The number of benzene rings is 1. The largest absolute Gasteiger partial charge is 0.483 e. The van der Waals surface area contributed by atoms with E-state index in [-0.39, 0.29) is 18.6 Å². The van der Waals surface area contributed by atoms with Crippen molar-refractivity contribution in [2.45, 2.75) is 46.3 Å². The SMILES string of the molecule is Cc1ccc(C)c(OCC(=O)NC(C)CC(C)O)c1. The maximum absolute atomic E-state index is 11.7. The Labute approximate surface area is 114 Å². The minimum absolute atomic E-state index is 0.00551. The lowest BCUT2D eigenvalue weighted by Crippen LogP contribution is -2.37. The van der Waals surface area contributed by atoms with E-state index >= 15 is 0 Å². The van der Waals surface area contributed by atoms with Crippen LogP contribution in [-0.2, 0) is 4.79 Å². The van der Waals surface area contributed by atoms with Crippen molar-refractivity contribution in [3.8, 4) is 5.75 Å². The molecular weight excluding hydrogens is 242 g/mol. The minimum Gasteiger partial charge on any atom is -0.483 e. The van der Waals surface area contributed by atoms with Gasteiger partial charge in [0.25, 0.3) is 5.91 Å². The Bertz CT molecular complexity index is 429. The van der Waals surface area contributed by atoms with Crippen LogP contribution in [0.15, 0.2) is 18.2 Å². The van der Waals surface area contributed by atoms with Gasteiger partial charge in [-0.1, -0.05) is 12.1 Å². The molecule has 1 rings (SSSR count). The van der Waals surface area contributed by atoms with Crippen molar-refractivity contribution in [3.05, 3.63) is 29.3 Å². The van der Waals surface area contributed by atoms with Crippen molar-refractivity contribution in [3.63, 3.8) is 0 Å². The zero-order chi connectivity index (χ0) is 14.4. The number of aryl methyl sites for hydroxylation is 2. The summed E-state index contributed by atoms with van der Waals surface area (Å²) in [6.07, 6.45) is 0.116. The minimum atomic E-state index is -0.421. The third-order valence-electron chi connectivity index (χ3n) is 2.80. The van der Waals surface area contributed by atoms with Crippen molar-refractivity contribution >= 4 is 5.91 Å². The van der Waals surface area contributed by atoms with Crippen LogP contribution in [0.25, 0.3) is 0 Å². The maximum atomic E-state index is 11.7. The number of hydrogen-bond acceptors (Lipinski definition) is 3. The van der Waals surface area contributed by atoms with Crippen LogP contribution in [-0.4, -0.2) is 29.8 Å². The molecular formula is C15H23NO3. The van der Waals surface area contributed by atoms with Gasteiger partial charge in [-0.2, -0.15) is 0 Å². The molecule has 1 aromatic carbocycles. The van der Waals surface area contributed by atoms with Crippen LogP contribution < -0.4 is 10.1 Å². The van der Waals surface area contributed by atoms with E-state index in [1.807, 2.05) is 39.0 Å². The van der Waals surface area contributed by atoms with Crippen LogP contribution >= 0.6 is 0 Å². The quantitative estimate of drug-likeness (QED) is 0.826. The highest BCUT2D eigenvalue weighted by Gasteiger charge is 2.10. The molecule has 19 heavy (non-hydrogen) atoms. The third-order valence-corrected chi connectivity index (χ3v) is 2.80. The molecule has 0 radical (unpaired) electrons. The lowest BCUT2D eigenvalue weighted by molar-refractivity contribution is -0.123. The molecule has 0 saturated heterocycles. The van der Waals surface area contributed by atoms with Gasteiger partial charge in [-0.05, 0) is 51.3 Å². The molecule has 0 aromatic heterocycles. The molecule has 2 N–H and O–H groups in total.